The van der Waals surface area contributed by atoms with E-state index in [0.29, 0.717) is 36.1 Å². The smallest absolute Gasteiger partial charge is 0.328 e. The van der Waals surface area contributed by atoms with Crippen molar-refractivity contribution in [2.24, 2.45) is 5.92 Å². The van der Waals surface area contributed by atoms with Crippen LogP contribution in [0.5, 0.6) is 0 Å². The van der Waals surface area contributed by atoms with E-state index in [9.17, 15) is 14.4 Å². The van der Waals surface area contributed by atoms with E-state index in [-0.39, 0.29) is 17.8 Å². The normalized spacial score (nSPS) is 26.7. The maximum Gasteiger partial charge on any atom is 0.328 e. The quantitative estimate of drug-likeness (QED) is 0.733. The Morgan fingerprint density at radius 3 is 2.03 bits per heavy atom. The van der Waals surface area contributed by atoms with Gasteiger partial charge in [0, 0.05) is 30.3 Å². The van der Waals surface area contributed by atoms with Gasteiger partial charge in [-0.1, -0.05) is 12.8 Å². The van der Waals surface area contributed by atoms with E-state index in [2.05, 4.69) is 4.90 Å². The number of ether oxygens (including phenoxy) is 1. The van der Waals surface area contributed by atoms with Gasteiger partial charge in [-0.3, -0.25) is 9.59 Å². The largest absolute Gasteiger partial charge is 0.467 e. The molecule has 3 aliphatic rings. The van der Waals surface area contributed by atoms with Crippen LogP contribution in [0.2, 0.25) is 0 Å². The number of methoxy groups -OCH3 is 1. The molecule has 1 saturated carbocycles. The summed E-state index contributed by atoms with van der Waals surface area (Å²) >= 11 is 0. The van der Waals surface area contributed by atoms with Crippen LogP contribution in [0.1, 0.15) is 72.1 Å². The molecule has 1 aliphatic carbocycles. The van der Waals surface area contributed by atoms with Crippen LogP contribution in [-0.2, 0) is 9.53 Å². The second-order valence-corrected chi connectivity index (χ2v) is 8.51. The molecule has 4 rings (SSSR count). The Hall–Kier alpha value is -2.37. The number of piperidine rings is 1. The van der Waals surface area contributed by atoms with Crippen molar-refractivity contribution in [3.8, 4) is 0 Å². The second-order valence-electron chi connectivity index (χ2n) is 8.51. The Labute approximate surface area is 172 Å². The highest BCUT2D eigenvalue weighted by Gasteiger charge is 2.37. The molecular weight excluding hydrogens is 368 g/mol. The molecule has 0 N–H and O–H groups in total. The van der Waals surface area contributed by atoms with Crippen LogP contribution in [0.3, 0.4) is 0 Å². The molecule has 0 spiro atoms. The van der Waals surface area contributed by atoms with Crippen LogP contribution >= 0.6 is 0 Å². The average Bonchev–Trinajstić information content (AvgIpc) is 3.27. The summed E-state index contributed by atoms with van der Waals surface area (Å²) < 4.78 is 4.83. The van der Waals surface area contributed by atoms with Gasteiger partial charge in [0.1, 0.15) is 6.04 Å². The van der Waals surface area contributed by atoms with Gasteiger partial charge in [-0.25, -0.2) is 4.79 Å². The predicted octanol–water partition coefficient (Wildman–Crippen LogP) is 3.26. The van der Waals surface area contributed by atoms with Crippen LogP contribution in [0, 0.1) is 5.92 Å². The lowest BCUT2D eigenvalue weighted by atomic mass is 9.78. The lowest BCUT2D eigenvalue weighted by molar-refractivity contribution is -0.145. The molecule has 6 heteroatoms. The number of amides is 2. The number of nitrogens with zero attached hydrogens (tertiary/aromatic N) is 2. The highest BCUT2D eigenvalue weighted by atomic mass is 16.5. The van der Waals surface area contributed by atoms with Gasteiger partial charge in [-0.2, -0.15) is 0 Å². The number of hydrogen-bond donors (Lipinski definition) is 0. The Kier molecular flexibility index (Phi) is 5.88. The first-order valence-electron chi connectivity index (χ1n) is 10.9. The third kappa shape index (κ3) is 3.89. The van der Waals surface area contributed by atoms with Gasteiger partial charge in [0.05, 0.1) is 7.11 Å². The number of hydrogen-bond acceptors (Lipinski definition) is 4. The Bertz CT molecular complexity index is 774. The van der Waals surface area contributed by atoms with E-state index in [1.54, 1.807) is 29.2 Å². The van der Waals surface area contributed by atoms with Gasteiger partial charge in [-0.05, 0) is 68.7 Å². The zero-order valence-corrected chi connectivity index (χ0v) is 17.1. The molecule has 1 unspecified atom stereocenters. The number of benzene rings is 1. The summed E-state index contributed by atoms with van der Waals surface area (Å²) in [7, 11) is 1.35. The molecule has 2 amide bonds. The molecule has 156 valence electrons. The number of carbonyl (C=O) groups is 3. The van der Waals surface area contributed by atoms with Crippen molar-refractivity contribution in [1.29, 1.82) is 0 Å². The Balaban J connectivity index is 1.46. The van der Waals surface area contributed by atoms with E-state index in [1.807, 2.05) is 0 Å². The number of carbonyl (C=O) groups excluding carboxylic acids is 3. The number of fused-ring (bicyclic) bond motifs is 1. The monoisotopic (exact) mass is 398 g/mol. The fraction of sp³-hybridized carbons (Fsp3) is 0.609. The summed E-state index contributed by atoms with van der Waals surface area (Å²) in [4.78, 5) is 41.6. The first kappa shape index (κ1) is 19.9. The molecule has 2 saturated heterocycles. The minimum atomic E-state index is -0.509. The molecule has 6 nitrogen and oxygen atoms in total. The van der Waals surface area contributed by atoms with Crippen molar-refractivity contribution in [3.63, 3.8) is 0 Å². The summed E-state index contributed by atoms with van der Waals surface area (Å²) in [5, 5.41) is 0. The Morgan fingerprint density at radius 2 is 1.34 bits per heavy atom. The molecule has 3 atom stereocenters. The van der Waals surface area contributed by atoms with Crippen molar-refractivity contribution in [1.82, 2.24) is 9.80 Å². The highest BCUT2D eigenvalue weighted by molar-refractivity contribution is 5.99. The number of esters is 1. The molecule has 2 heterocycles. The molecule has 3 fully saturated rings. The van der Waals surface area contributed by atoms with E-state index in [4.69, 9.17) is 4.74 Å². The summed E-state index contributed by atoms with van der Waals surface area (Å²) in [6.45, 7) is 1.38. The van der Waals surface area contributed by atoms with Crippen molar-refractivity contribution in [2.75, 3.05) is 20.2 Å². The molecular formula is C23H30N2O4. The first-order chi connectivity index (χ1) is 14.1. The lowest BCUT2D eigenvalue weighted by Crippen LogP contribution is -2.49. The minimum Gasteiger partial charge on any atom is -0.467 e. The second kappa shape index (κ2) is 8.56. The van der Waals surface area contributed by atoms with Crippen LogP contribution in [0.4, 0.5) is 0 Å². The molecule has 0 bridgehead atoms. The SMILES string of the molecule is COC(=O)C1CCCN1C(=O)c1ccc(C(=O)N2CCC[C@@H]3CCCC[C@@H]32)cc1. The Morgan fingerprint density at radius 1 is 0.793 bits per heavy atom. The minimum absolute atomic E-state index is 0.0780. The zero-order chi connectivity index (χ0) is 20.4. The zero-order valence-electron chi connectivity index (χ0n) is 17.1. The maximum absolute atomic E-state index is 13.1. The predicted molar refractivity (Wildman–Crippen MR) is 109 cm³/mol. The first-order valence-corrected chi connectivity index (χ1v) is 10.9. The summed E-state index contributed by atoms with van der Waals surface area (Å²) in [6, 6.07) is 6.80. The van der Waals surface area contributed by atoms with Crippen molar-refractivity contribution >= 4 is 17.8 Å². The average molecular weight is 399 g/mol. The van der Waals surface area contributed by atoms with Crippen molar-refractivity contribution in [2.45, 2.75) is 63.5 Å². The number of rotatable bonds is 3. The van der Waals surface area contributed by atoms with Crippen LogP contribution in [0.15, 0.2) is 24.3 Å². The van der Waals surface area contributed by atoms with Gasteiger partial charge in [-0.15, -0.1) is 0 Å². The van der Waals surface area contributed by atoms with E-state index in [1.165, 1.54) is 32.8 Å². The third-order valence-corrected chi connectivity index (χ3v) is 6.87. The molecule has 1 aromatic rings. The van der Waals surface area contributed by atoms with Gasteiger partial charge in [0.25, 0.3) is 11.8 Å². The van der Waals surface area contributed by atoms with Gasteiger partial charge in [0.2, 0.25) is 0 Å². The molecule has 2 aliphatic heterocycles. The van der Waals surface area contributed by atoms with Crippen molar-refractivity contribution in [3.05, 3.63) is 35.4 Å². The van der Waals surface area contributed by atoms with Crippen LogP contribution in [-0.4, -0.2) is 59.9 Å². The summed E-state index contributed by atoms with van der Waals surface area (Å²) in [5.41, 5.74) is 1.14. The summed E-state index contributed by atoms with van der Waals surface area (Å²) in [6.07, 6.45) is 8.56. The lowest BCUT2D eigenvalue weighted by Gasteiger charge is -2.44. The van der Waals surface area contributed by atoms with Crippen LogP contribution in [0.25, 0.3) is 0 Å². The fourth-order valence-electron chi connectivity index (χ4n) is 5.35. The molecule has 29 heavy (non-hydrogen) atoms. The molecule has 1 aromatic carbocycles. The van der Waals surface area contributed by atoms with Gasteiger partial charge in [0.15, 0.2) is 0 Å². The van der Waals surface area contributed by atoms with E-state index >= 15 is 0 Å². The number of likely N-dealkylation sites (tertiary alicyclic amines) is 2. The highest BCUT2D eigenvalue weighted by Crippen LogP contribution is 2.36. The van der Waals surface area contributed by atoms with E-state index < -0.39 is 6.04 Å². The van der Waals surface area contributed by atoms with Crippen molar-refractivity contribution < 1.29 is 19.1 Å². The van der Waals surface area contributed by atoms with Gasteiger partial charge >= 0.3 is 5.97 Å². The standard InChI is InChI=1S/C23H30N2O4/c1-29-23(28)20-9-5-15-25(20)22(27)18-12-10-17(11-13-18)21(26)24-14-4-7-16-6-2-3-8-19(16)24/h10-13,16,19-20H,2-9,14-15H2,1H3/t16-,19-,20?/m0/s1. The fourth-order valence-corrected chi connectivity index (χ4v) is 5.35. The maximum atomic E-state index is 13.1. The van der Waals surface area contributed by atoms with Gasteiger partial charge < -0.3 is 14.5 Å². The molecule has 0 aromatic heterocycles. The van der Waals surface area contributed by atoms with Crippen LogP contribution < -0.4 is 0 Å². The topological polar surface area (TPSA) is 66.9 Å². The third-order valence-electron chi connectivity index (χ3n) is 6.87. The molecule has 0 radical (unpaired) electrons. The van der Waals surface area contributed by atoms with E-state index in [0.717, 1.165) is 25.8 Å². The summed E-state index contributed by atoms with van der Waals surface area (Å²) in [5.74, 6) is 0.180.